The predicted octanol–water partition coefficient (Wildman–Crippen LogP) is 0.588. The van der Waals surface area contributed by atoms with Crippen molar-refractivity contribution in [1.29, 1.82) is 0 Å². The third-order valence-corrected chi connectivity index (χ3v) is 1.92. The van der Waals surface area contributed by atoms with Gasteiger partial charge in [-0.3, -0.25) is 9.59 Å². The van der Waals surface area contributed by atoms with Gasteiger partial charge in [-0.05, 0) is 17.7 Å². The molecule has 0 atom stereocenters. The summed E-state index contributed by atoms with van der Waals surface area (Å²) in [5.74, 6) is -0.785. The number of nitrogens with one attached hydrogen (secondary N) is 1. The number of amides is 2. The Hall–Kier alpha value is -2.10. The fourth-order valence-electron chi connectivity index (χ4n) is 1.17. The van der Waals surface area contributed by atoms with Crippen molar-refractivity contribution in [3.63, 3.8) is 0 Å². The average molecular weight is 204 g/mol. The second-order valence-corrected chi connectivity index (χ2v) is 2.94. The van der Waals surface area contributed by atoms with E-state index in [0.29, 0.717) is 11.1 Å². The van der Waals surface area contributed by atoms with Crippen molar-refractivity contribution in [2.24, 2.45) is 5.73 Å². The molecule has 0 spiro atoms. The Bertz CT molecular complexity index is 399. The molecule has 78 valence electrons. The fourth-order valence-corrected chi connectivity index (χ4v) is 1.17. The lowest BCUT2D eigenvalue weighted by Crippen LogP contribution is -2.22. The van der Waals surface area contributed by atoms with E-state index in [9.17, 15) is 9.59 Å². The van der Waals surface area contributed by atoms with Gasteiger partial charge in [0.15, 0.2) is 0 Å². The molecule has 0 bridgehead atoms. The highest BCUT2D eigenvalue weighted by Gasteiger charge is 2.06. The standard InChI is InChI=1S/C11H12N2O2/c1-2-10(14)13-7-8-5-3-4-6-9(8)11(12)15/h2-6H,1,7H2,(H2,12,15)(H,13,14). The van der Waals surface area contributed by atoms with E-state index < -0.39 is 5.91 Å². The lowest BCUT2D eigenvalue weighted by molar-refractivity contribution is -0.116. The quantitative estimate of drug-likeness (QED) is 0.704. The number of hydrogen-bond acceptors (Lipinski definition) is 2. The van der Waals surface area contributed by atoms with Crippen molar-refractivity contribution in [2.75, 3.05) is 0 Å². The number of carbonyl (C=O) groups excluding carboxylic acids is 2. The summed E-state index contributed by atoms with van der Waals surface area (Å²) >= 11 is 0. The maximum Gasteiger partial charge on any atom is 0.249 e. The molecular formula is C11H12N2O2. The van der Waals surface area contributed by atoms with E-state index in [2.05, 4.69) is 11.9 Å². The van der Waals surface area contributed by atoms with Crippen molar-refractivity contribution < 1.29 is 9.59 Å². The minimum Gasteiger partial charge on any atom is -0.366 e. The van der Waals surface area contributed by atoms with Crippen LogP contribution in [-0.4, -0.2) is 11.8 Å². The smallest absolute Gasteiger partial charge is 0.249 e. The number of nitrogens with two attached hydrogens (primary N) is 1. The third-order valence-electron chi connectivity index (χ3n) is 1.92. The van der Waals surface area contributed by atoms with E-state index in [-0.39, 0.29) is 12.5 Å². The largest absolute Gasteiger partial charge is 0.366 e. The van der Waals surface area contributed by atoms with Gasteiger partial charge in [-0.1, -0.05) is 24.8 Å². The first-order valence-electron chi connectivity index (χ1n) is 4.43. The molecule has 0 radical (unpaired) electrons. The molecular weight excluding hydrogens is 192 g/mol. The molecule has 3 N–H and O–H groups in total. The van der Waals surface area contributed by atoms with E-state index >= 15 is 0 Å². The molecule has 0 saturated carbocycles. The molecule has 0 aliphatic heterocycles. The lowest BCUT2D eigenvalue weighted by Gasteiger charge is -2.06. The SMILES string of the molecule is C=CC(=O)NCc1ccccc1C(N)=O. The van der Waals surface area contributed by atoms with E-state index in [4.69, 9.17) is 5.73 Å². The monoisotopic (exact) mass is 204 g/mol. The van der Waals surface area contributed by atoms with Gasteiger partial charge in [-0.2, -0.15) is 0 Å². The highest BCUT2D eigenvalue weighted by molar-refractivity contribution is 5.94. The van der Waals surface area contributed by atoms with Crippen molar-refractivity contribution in [3.05, 3.63) is 48.0 Å². The van der Waals surface area contributed by atoms with Gasteiger partial charge in [0.25, 0.3) is 0 Å². The van der Waals surface area contributed by atoms with Crippen LogP contribution >= 0.6 is 0 Å². The number of primary amides is 1. The molecule has 1 aromatic rings. The van der Waals surface area contributed by atoms with E-state index in [1.54, 1.807) is 24.3 Å². The summed E-state index contributed by atoms with van der Waals surface area (Å²) in [6.45, 7) is 3.59. The summed E-state index contributed by atoms with van der Waals surface area (Å²) in [5, 5.41) is 2.58. The predicted molar refractivity (Wildman–Crippen MR) is 57.0 cm³/mol. The zero-order valence-corrected chi connectivity index (χ0v) is 8.19. The topological polar surface area (TPSA) is 72.2 Å². The van der Waals surface area contributed by atoms with Gasteiger partial charge in [0.1, 0.15) is 0 Å². The Balaban J connectivity index is 2.80. The zero-order chi connectivity index (χ0) is 11.3. The minimum atomic E-state index is -0.501. The fraction of sp³-hybridized carbons (Fsp3) is 0.0909. The molecule has 0 aliphatic carbocycles. The van der Waals surface area contributed by atoms with Crippen LogP contribution in [0.4, 0.5) is 0 Å². The van der Waals surface area contributed by atoms with Crippen LogP contribution in [0, 0.1) is 0 Å². The van der Waals surface area contributed by atoms with Crippen LogP contribution in [0.2, 0.25) is 0 Å². The van der Waals surface area contributed by atoms with Gasteiger partial charge in [0.05, 0.1) is 0 Å². The normalized spacial score (nSPS) is 9.33. The van der Waals surface area contributed by atoms with Gasteiger partial charge < -0.3 is 11.1 Å². The van der Waals surface area contributed by atoms with E-state index in [1.807, 2.05) is 0 Å². The number of benzene rings is 1. The molecule has 4 nitrogen and oxygen atoms in total. The third kappa shape index (κ3) is 2.95. The number of carbonyl (C=O) groups is 2. The summed E-state index contributed by atoms with van der Waals surface area (Å²) < 4.78 is 0. The van der Waals surface area contributed by atoms with Gasteiger partial charge in [-0.15, -0.1) is 0 Å². The van der Waals surface area contributed by atoms with E-state index in [0.717, 1.165) is 0 Å². The van der Waals surface area contributed by atoms with Crippen molar-refractivity contribution in [2.45, 2.75) is 6.54 Å². The van der Waals surface area contributed by atoms with Gasteiger partial charge in [-0.25, -0.2) is 0 Å². The number of hydrogen-bond donors (Lipinski definition) is 2. The Morgan fingerprint density at radius 1 is 1.40 bits per heavy atom. The summed E-state index contributed by atoms with van der Waals surface area (Å²) in [4.78, 5) is 21.9. The first-order chi connectivity index (χ1) is 7.15. The second-order valence-electron chi connectivity index (χ2n) is 2.94. The van der Waals surface area contributed by atoms with Crippen LogP contribution in [0.15, 0.2) is 36.9 Å². The molecule has 1 aromatic carbocycles. The molecule has 0 fully saturated rings. The summed E-state index contributed by atoms with van der Waals surface area (Å²) in [6.07, 6.45) is 1.17. The Morgan fingerprint density at radius 3 is 2.67 bits per heavy atom. The molecule has 0 aliphatic rings. The molecule has 0 unspecified atom stereocenters. The van der Waals surface area contributed by atoms with Crippen LogP contribution in [0.3, 0.4) is 0 Å². The Morgan fingerprint density at radius 2 is 2.07 bits per heavy atom. The number of rotatable bonds is 4. The van der Waals surface area contributed by atoms with Crippen molar-refractivity contribution >= 4 is 11.8 Å². The van der Waals surface area contributed by atoms with Crippen LogP contribution in [0.1, 0.15) is 15.9 Å². The molecule has 2 amide bonds. The molecule has 4 heteroatoms. The van der Waals surface area contributed by atoms with Gasteiger partial charge in [0, 0.05) is 12.1 Å². The Kier molecular flexibility index (Phi) is 3.62. The minimum absolute atomic E-state index is 0.268. The van der Waals surface area contributed by atoms with Crippen LogP contribution < -0.4 is 11.1 Å². The zero-order valence-electron chi connectivity index (χ0n) is 8.19. The molecule has 15 heavy (non-hydrogen) atoms. The average Bonchev–Trinajstić information content (AvgIpc) is 2.26. The highest BCUT2D eigenvalue weighted by Crippen LogP contribution is 2.07. The maximum atomic E-state index is 11.0. The highest BCUT2D eigenvalue weighted by atomic mass is 16.1. The maximum absolute atomic E-state index is 11.0. The Labute approximate surface area is 87.8 Å². The van der Waals surface area contributed by atoms with Gasteiger partial charge >= 0.3 is 0 Å². The summed E-state index contributed by atoms with van der Waals surface area (Å²) in [5.41, 5.74) is 6.29. The summed E-state index contributed by atoms with van der Waals surface area (Å²) in [7, 11) is 0. The summed E-state index contributed by atoms with van der Waals surface area (Å²) in [6, 6.07) is 6.86. The van der Waals surface area contributed by atoms with E-state index in [1.165, 1.54) is 6.08 Å². The van der Waals surface area contributed by atoms with Gasteiger partial charge in [0.2, 0.25) is 11.8 Å². The first kappa shape index (κ1) is 11.0. The molecule has 1 rings (SSSR count). The molecule has 0 aromatic heterocycles. The second kappa shape index (κ2) is 4.95. The molecule has 0 heterocycles. The van der Waals surface area contributed by atoms with Crippen LogP contribution in [0.25, 0.3) is 0 Å². The lowest BCUT2D eigenvalue weighted by atomic mass is 10.1. The molecule has 0 saturated heterocycles. The van der Waals surface area contributed by atoms with Crippen LogP contribution in [-0.2, 0) is 11.3 Å². The van der Waals surface area contributed by atoms with Crippen LogP contribution in [0.5, 0.6) is 0 Å². The first-order valence-corrected chi connectivity index (χ1v) is 4.43. The van der Waals surface area contributed by atoms with Crippen molar-refractivity contribution in [3.8, 4) is 0 Å². The van der Waals surface area contributed by atoms with Crippen molar-refractivity contribution in [1.82, 2.24) is 5.32 Å².